The van der Waals surface area contributed by atoms with Crippen LogP contribution in [0, 0.1) is 0 Å². The number of hydrogen-bond acceptors (Lipinski definition) is 5. The normalized spacial score (nSPS) is 15.1. The predicted molar refractivity (Wildman–Crippen MR) is 87.0 cm³/mol. The second-order valence-corrected chi connectivity index (χ2v) is 7.79. The fourth-order valence-corrected chi connectivity index (χ4v) is 3.80. The van der Waals surface area contributed by atoms with E-state index in [2.05, 4.69) is 0 Å². The minimum Gasteiger partial charge on any atom is -0.461 e. The zero-order chi connectivity index (χ0) is 17.9. The summed E-state index contributed by atoms with van der Waals surface area (Å²) < 4.78 is 32.6. The van der Waals surface area contributed by atoms with E-state index in [4.69, 9.17) is 4.74 Å². The van der Waals surface area contributed by atoms with E-state index in [1.165, 1.54) is 23.9 Å². The highest BCUT2D eigenvalue weighted by Gasteiger charge is 2.28. The highest BCUT2D eigenvalue weighted by Crippen LogP contribution is 2.19. The summed E-state index contributed by atoms with van der Waals surface area (Å²) in [6.45, 7) is 3.01. The van der Waals surface area contributed by atoms with Crippen LogP contribution in [0.5, 0.6) is 0 Å². The summed E-state index contributed by atoms with van der Waals surface area (Å²) in [6, 6.07) is 1.27. The smallest absolute Gasteiger partial charge is 0.354 e. The third-order valence-electron chi connectivity index (χ3n) is 3.99. The second kappa shape index (κ2) is 7.35. The fraction of sp³-hybridized carbons (Fsp3) is 0.600. The van der Waals surface area contributed by atoms with E-state index in [1.54, 1.807) is 18.9 Å². The number of amides is 1. The third kappa shape index (κ3) is 3.78. The van der Waals surface area contributed by atoms with Crippen LogP contribution in [0.1, 0.15) is 30.3 Å². The number of nitrogens with zero attached hydrogens (tertiary/aromatic N) is 3. The maximum Gasteiger partial charge on any atom is 0.354 e. The van der Waals surface area contributed by atoms with Gasteiger partial charge >= 0.3 is 5.97 Å². The fourth-order valence-electron chi connectivity index (χ4n) is 2.61. The Kier molecular flexibility index (Phi) is 5.66. The summed E-state index contributed by atoms with van der Waals surface area (Å²) in [4.78, 5) is 25.6. The molecular weight excluding hydrogens is 334 g/mol. The Morgan fingerprint density at radius 1 is 1.29 bits per heavy atom. The summed E-state index contributed by atoms with van der Waals surface area (Å²) >= 11 is 0. The van der Waals surface area contributed by atoms with Gasteiger partial charge in [0.25, 0.3) is 0 Å². The molecule has 134 valence electrons. The molecule has 1 amide bonds. The standard InChI is InChI=1S/C15H23N3O5S/c1-4-23-15(20)13-9-12(10-16(13)2)24(21,22)17(3)11-14(19)18-7-5-6-8-18/h9-10H,4-8,11H2,1-3H3. The molecule has 0 atom stereocenters. The average molecular weight is 357 g/mol. The average Bonchev–Trinajstić information content (AvgIpc) is 3.16. The molecule has 0 aromatic carbocycles. The van der Waals surface area contributed by atoms with Crippen molar-refractivity contribution in [2.75, 3.05) is 33.3 Å². The van der Waals surface area contributed by atoms with E-state index in [-0.39, 0.29) is 29.6 Å². The first kappa shape index (κ1) is 18.5. The summed E-state index contributed by atoms with van der Waals surface area (Å²) in [5, 5.41) is 0. The van der Waals surface area contributed by atoms with Gasteiger partial charge in [-0.3, -0.25) is 4.79 Å². The maximum absolute atomic E-state index is 12.6. The topological polar surface area (TPSA) is 88.9 Å². The molecule has 1 aromatic rings. The Labute approximate surface area is 142 Å². The quantitative estimate of drug-likeness (QED) is 0.690. The number of esters is 1. The van der Waals surface area contributed by atoms with Crippen molar-refractivity contribution >= 4 is 21.9 Å². The molecule has 1 aromatic heterocycles. The van der Waals surface area contributed by atoms with Gasteiger partial charge in [0, 0.05) is 33.4 Å². The lowest BCUT2D eigenvalue weighted by Gasteiger charge is -2.20. The zero-order valence-corrected chi connectivity index (χ0v) is 15.0. The zero-order valence-electron chi connectivity index (χ0n) is 14.2. The number of ether oxygens (including phenoxy) is 1. The van der Waals surface area contributed by atoms with Gasteiger partial charge in [-0.2, -0.15) is 4.31 Å². The minimum atomic E-state index is -3.86. The Balaban J connectivity index is 2.15. The summed E-state index contributed by atoms with van der Waals surface area (Å²) in [6.07, 6.45) is 3.24. The van der Waals surface area contributed by atoms with Gasteiger partial charge in [-0.05, 0) is 25.8 Å². The van der Waals surface area contributed by atoms with Crippen molar-refractivity contribution in [3.05, 3.63) is 18.0 Å². The molecule has 2 rings (SSSR count). The van der Waals surface area contributed by atoms with Gasteiger partial charge in [0.1, 0.15) is 10.6 Å². The lowest BCUT2D eigenvalue weighted by molar-refractivity contribution is -0.130. The van der Waals surface area contributed by atoms with E-state index in [9.17, 15) is 18.0 Å². The van der Waals surface area contributed by atoms with Crippen LogP contribution < -0.4 is 0 Å². The molecule has 0 saturated carbocycles. The number of likely N-dealkylation sites (tertiary alicyclic amines) is 1. The van der Waals surface area contributed by atoms with Crippen LogP contribution in [-0.4, -0.2) is 67.4 Å². The van der Waals surface area contributed by atoms with Crippen LogP contribution in [0.2, 0.25) is 0 Å². The monoisotopic (exact) mass is 357 g/mol. The number of aryl methyl sites for hydroxylation is 1. The van der Waals surface area contributed by atoms with Crippen LogP contribution >= 0.6 is 0 Å². The Hall–Kier alpha value is -1.87. The molecule has 9 heteroatoms. The molecule has 0 N–H and O–H groups in total. The van der Waals surface area contributed by atoms with Crippen molar-refractivity contribution in [3.63, 3.8) is 0 Å². The first-order chi connectivity index (χ1) is 11.3. The lowest BCUT2D eigenvalue weighted by atomic mass is 10.4. The van der Waals surface area contributed by atoms with E-state index in [0.29, 0.717) is 13.1 Å². The second-order valence-electron chi connectivity index (χ2n) is 5.74. The van der Waals surface area contributed by atoms with Crippen molar-refractivity contribution in [3.8, 4) is 0 Å². The molecule has 1 saturated heterocycles. The molecule has 1 aliphatic rings. The van der Waals surface area contributed by atoms with Gasteiger partial charge in [-0.1, -0.05) is 0 Å². The first-order valence-electron chi connectivity index (χ1n) is 7.85. The largest absolute Gasteiger partial charge is 0.461 e. The van der Waals surface area contributed by atoms with Gasteiger partial charge in [-0.15, -0.1) is 0 Å². The number of rotatable bonds is 6. The number of likely N-dealkylation sites (N-methyl/N-ethyl adjacent to an activating group) is 1. The Bertz CT molecular complexity index is 719. The molecule has 1 aliphatic heterocycles. The number of sulfonamides is 1. The van der Waals surface area contributed by atoms with Crippen molar-refractivity contribution < 1.29 is 22.7 Å². The number of carbonyl (C=O) groups excluding carboxylic acids is 2. The van der Waals surface area contributed by atoms with Gasteiger partial charge in [0.2, 0.25) is 15.9 Å². The van der Waals surface area contributed by atoms with Crippen LogP contribution in [0.4, 0.5) is 0 Å². The summed E-state index contributed by atoms with van der Waals surface area (Å²) in [5.41, 5.74) is 0.148. The minimum absolute atomic E-state index is 0.0372. The molecule has 0 spiro atoms. The third-order valence-corrected chi connectivity index (χ3v) is 5.76. The van der Waals surface area contributed by atoms with Gasteiger partial charge in [-0.25, -0.2) is 13.2 Å². The van der Waals surface area contributed by atoms with Gasteiger partial charge in [0.15, 0.2) is 0 Å². The number of hydrogen-bond donors (Lipinski definition) is 0. The SMILES string of the molecule is CCOC(=O)c1cc(S(=O)(=O)N(C)CC(=O)N2CCCC2)cn1C. The highest BCUT2D eigenvalue weighted by atomic mass is 32.2. The molecule has 0 bridgehead atoms. The predicted octanol–water partition coefficient (Wildman–Crippen LogP) is 0.445. The number of carbonyl (C=O) groups is 2. The van der Waals surface area contributed by atoms with E-state index >= 15 is 0 Å². The van der Waals surface area contributed by atoms with Crippen LogP contribution in [0.3, 0.4) is 0 Å². The maximum atomic E-state index is 12.6. The summed E-state index contributed by atoms with van der Waals surface area (Å²) in [5.74, 6) is -0.794. The Morgan fingerprint density at radius 3 is 2.50 bits per heavy atom. The van der Waals surface area contributed by atoms with E-state index < -0.39 is 16.0 Å². The van der Waals surface area contributed by atoms with Crippen LogP contribution in [0.15, 0.2) is 17.2 Å². The molecule has 1 fully saturated rings. The van der Waals surface area contributed by atoms with Gasteiger partial charge < -0.3 is 14.2 Å². The molecule has 8 nitrogen and oxygen atoms in total. The molecule has 0 unspecified atom stereocenters. The summed E-state index contributed by atoms with van der Waals surface area (Å²) in [7, 11) is -0.925. The van der Waals surface area contributed by atoms with Gasteiger partial charge in [0.05, 0.1) is 13.2 Å². The van der Waals surface area contributed by atoms with Crippen molar-refractivity contribution in [1.29, 1.82) is 0 Å². The van der Waals surface area contributed by atoms with Crippen molar-refractivity contribution in [1.82, 2.24) is 13.8 Å². The molecular formula is C15H23N3O5S. The lowest BCUT2D eigenvalue weighted by Crippen LogP contribution is -2.39. The van der Waals surface area contributed by atoms with Crippen LogP contribution in [-0.2, 0) is 26.6 Å². The Morgan fingerprint density at radius 2 is 1.92 bits per heavy atom. The molecule has 0 aliphatic carbocycles. The van der Waals surface area contributed by atoms with Crippen molar-refractivity contribution in [2.24, 2.45) is 7.05 Å². The first-order valence-corrected chi connectivity index (χ1v) is 9.29. The molecule has 0 radical (unpaired) electrons. The number of aromatic nitrogens is 1. The van der Waals surface area contributed by atoms with E-state index in [1.807, 2.05) is 0 Å². The van der Waals surface area contributed by atoms with E-state index in [0.717, 1.165) is 17.1 Å². The van der Waals surface area contributed by atoms with Crippen molar-refractivity contribution in [2.45, 2.75) is 24.7 Å². The molecule has 2 heterocycles. The van der Waals surface area contributed by atoms with Crippen LogP contribution in [0.25, 0.3) is 0 Å². The molecule has 24 heavy (non-hydrogen) atoms. The highest BCUT2D eigenvalue weighted by molar-refractivity contribution is 7.89.